The highest BCUT2D eigenvalue weighted by molar-refractivity contribution is 5.92. The van der Waals surface area contributed by atoms with Crippen molar-refractivity contribution in [3.05, 3.63) is 42.1 Å². The van der Waals surface area contributed by atoms with Gasteiger partial charge in [-0.1, -0.05) is 31.2 Å². The molecule has 1 aromatic carbocycles. The Kier molecular flexibility index (Phi) is 5.08. The lowest BCUT2D eigenvalue weighted by Gasteiger charge is -2.35. The van der Waals surface area contributed by atoms with Crippen LogP contribution in [0.1, 0.15) is 43.1 Å². The van der Waals surface area contributed by atoms with Gasteiger partial charge in [-0.05, 0) is 37.8 Å². The first-order valence-corrected chi connectivity index (χ1v) is 8.51. The summed E-state index contributed by atoms with van der Waals surface area (Å²) in [7, 11) is 0. The summed E-state index contributed by atoms with van der Waals surface area (Å²) in [5.74, 6) is -0.671. The highest BCUT2D eigenvalue weighted by atomic mass is 16.5. The van der Waals surface area contributed by atoms with E-state index in [1.165, 1.54) is 0 Å². The van der Waals surface area contributed by atoms with Crippen LogP contribution in [0.15, 0.2) is 36.4 Å². The Morgan fingerprint density at radius 3 is 2.88 bits per heavy atom. The van der Waals surface area contributed by atoms with Crippen LogP contribution in [-0.4, -0.2) is 41.0 Å². The Morgan fingerprint density at radius 1 is 1.21 bits per heavy atom. The maximum Gasteiger partial charge on any atom is 0.357 e. The summed E-state index contributed by atoms with van der Waals surface area (Å²) >= 11 is 0. The molecular formula is C19H22N2O3. The van der Waals surface area contributed by atoms with E-state index in [-0.39, 0.29) is 24.2 Å². The Balaban J connectivity index is 1.62. The number of rotatable bonds is 4. The first-order chi connectivity index (χ1) is 11.7. The minimum atomic E-state index is -0.556. The van der Waals surface area contributed by atoms with Gasteiger partial charge < -0.3 is 9.64 Å². The zero-order valence-corrected chi connectivity index (χ0v) is 13.9. The van der Waals surface area contributed by atoms with Crippen molar-refractivity contribution >= 4 is 22.8 Å². The van der Waals surface area contributed by atoms with Crippen LogP contribution in [0.4, 0.5) is 0 Å². The van der Waals surface area contributed by atoms with Crippen molar-refractivity contribution in [2.24, 2.45) is 0 Å². The van der Waals surface area contributed by atoms with E-state index in [9.17, 15) is 9.59 Å². The number of ether oxygens (including phenoxy) is 1. The first-order valence-electron chi connectivity index (χ1n) is 8.51. The molecule has 1 aliphatic heterocycles. The van der Waals surface area contributed by atoms with Gasteiger partial charge in [0, 0.05) is 18.0 Å². The van der Waals surface area contributed by atoms with Crippen LogP contribution in [0, 0.1) is 0 Å². The second kappa shape index (κ2) is 7.43. The Labute approximate surface area is 141 Å². The number of hydrogen-bond donors (Lipinski definition) is 0. The maximum atomic E-state index is 12.3. The normalized spacial score (nSPS) is 17.7. The number of esters is 1. The van der Waals surface area contributed by atoms with E-state index >= 15 is 0 Å². The van der Waals surface area contributed by atoms with Crippen LogP contribution in [0.25, 0.3) is 10.9 Å². The predicted molar refractivity (Wildman–Crippen MR) is 91.7 cm³/mol. The Morgan fingerprint density at radius 2 is 2.04 bits per heavy atom. The van der Waals surface area contributed by atoms with E-state index in [1.807, 2.05) is 35.2 Å². The zero-order valence-electron chi connectivity index (χ0n) is 13.9. The molecule has 2 aromatic rings. The number of nitrogens with zero attached hydrogens (tertiary/aromatic N) is 2. The number of benzene rings is 1. The average molecular weight is 326 g/mol. The van der Waals surface area contributed by atoms with Crippen molar-refractivity contribution in [1.29, 1.82) is 0 Å². The summed E-state index contributed by atoms with van der Waals surface area (Å²) in [6, 6.07) is 11.3. The van der Waals surface area contributed by atoms with E-state index in [0.717, 1.165) is 43.1 Å². The Bertz CT molecular complexity index is 744. The van der Waals surface area contributed by atoms with Crippen LogP contribution < -0.4 is 0 Å². The summed E-state index contributed by atoms with van der Waals surface area (Å²) in [4.78, 5) is 30.7. The van der Waals surface area contributed by atoms with Gasteiger partial charge in [-0.15, -0.1) is 0 Å². The molecule has 1 saturated heterocycles. The highest BCUT2D eigenvalue weighted by Gasteiger charge is 2.26. The molecule has 24 heavy (non-hydrogen) atoms. The number of fused-ring (bicyclic) bond motifs is 1. The third kappa shape index (κ3) is 3.55. The van der Waals surface area contributed by atoms with E-state index in [2.05, 4.69) is 11.9 Å². The topological polar surface area (TPSA) is 59.5 Å². The molecule has 5 heteroatoms. The van der Waals surface area contributed by atoms with Crippen LogP contribution in [0.5, 0.6) is 0 Å². The number of carbonyl (C=O) groups is 2. The van der Waals surface area contributed by atoms with Gasteiger partial charge >= 0.3 is 5.97 Å². The third-order valence-corrected chi connectivity index (χ3v) is 4.55. The van der Waals surface area contributed by atoms with Gasteiger partial charge in [0.25, 0.3) is 5.91 Å². The fraction of sp³-hybridized carbons (Fsp3) is 0.421. The minimum Gasteiger partial charge on any atom is -0.451 e. The van der Waals surface area contributed by atoms with Crippen molar-refractivity contribution in [3.8, 4) is 0 Å². The molecule has 1 amide bonds. The second-order valence-corrected chi connectivity index (χ2v) is 6.11. The third-order valence-electron chi connectivity index (χ3n) is 4.55. The molecule has 1 aliphatic rings. The van der Waals surface area contributed by atoms with Gasteiger partial charge in [-0.3, -0.25) is 4.79 Å². The predicted octanol–water partition coefficient (Wildman–Crippen LogP) is 3.18. The fourth-order valence-electron chi connectivity index (χ4n) is 3.22. The van der Waals surface area contributed by atoms with Crippen LogP contribution in [-0.2, 0) is 9.53 Å². The number of likely N-dealkylation sites (tertiary alicyclic amines) is 1. The van der Waals surface area contributed by atoms with E-state index in [0.29, 0.717) is 0 Å². The maximum absolute atomic E-state index is 12.3. The molecular weight excluding hydrogens is 304 g/mol. The molecule has 0 spiro atoms. The van der Waals surface area contributed by atoms with Gasteiger partial charge in [0.2, 0.25) is 0 Å². The summed E-state index contributed by atoms with van der Waals surface area (Å²) in [6.07, 6.45) is 4.14. The summed E-state index contributed by atoms with van der Waals surface area (Å²) in [6.45, 7) is 2.62. The van der Waals surface area contributed by atoms with Crippen molar-refractivity contribution in [2.45, 2.75) is 38.6 Å². The van der Waals surface area contributed by atoms with Gasteiger partial charge in [0.05, 0.1) is 5.52 Å². The largest absolute Gasteiger partial charge is 0.451 e. The second-order valence-electron chi connectivity index (χ2n) is 6.11. The quantitative estimate of drug-likeness (QED) is 0.810. The van der Waals surface area contributed by atoms with Crippen LogP contribution in [0.3, 0.4) is 0 Å². The smallest absolute Gasteiger partial charge is 0.357 e. The SMILES string of the molecule is CC[C@@H]1CCCCN1C(=O)COC(=O)c1ccc2ccccc2n1. The number of para-hydroxylation sites is 1. The van der Waals surface area contributed by atoms with Gasteiger partial charge in [-0.2, -0.15) is 0 Å². The molecule has 1 aromatic heterocycles. The van der Waals surface area contributed by atoms with Crippen molar-refractivity contribution in [2.75, 3.05) is 13.2 Å². The molecule has 0 N–H and O–H groups in total. The average Bonchev–Trinajstić information content (AvgIpc) is 2.65. The number of amides is 1. The number of carbonyl (C=O) groups excluding carboxylic acids is 2. The van der Waals surface area contributed by atoms with E-state index in [4.69, 9.17) is 4.74 Å². The lowest BCUT2D eigenvalue weighted by molar-refractivity contribution is -0.138. The molecule has 0 aliphatic carbocycles. The molecule has 0 bridgehead atoms. The Hall–Kier alpha value is -2.43. The zero-order chi connectivity index (χ0) is 16.9. The van der Waals surface area contributed by atoms with Crippen LogP contribution in [0.2, 0.25) is 0 Å². The molecule has 0 unspecified atom stereocenters. The fourth-order valence-corrected chi connectivity index (χ4v) is 3.22. The lowest BCUT2D eigenvalue weighted by Crippen LogP contribution is -2.45. The van der Waals surface area contributed by atoms with Gasteiger partial charge in [-0.25, -0.2) is 9.78 Å². The summed E-state index contributed by atoms with van der Waals surface area (Å²) in [5.41, 5.74) is 0.965. The van der Waals surface area contributed by atoms with Crippen molar-refractivity contribution in [1.82, 2.24) is 9.88 Å². The molecule has 2 heterocycles. The number of hydrogen-bond acceptors (Lipinski definition) is 4. The molecule has 0 radical (unpaired) electrons. The number of aromatic nitrogens is 1. The summed E-state index contributed by atoms with van der Waals surface area (Å²) in [5, 5.41) is 0.962. The first kappa shape index (κ1) is 16.4. The van der Waals surface area contributed by atoms with Crippen molar-refractivity contribution in [3.63, 3.8) is 0 Å². The standard InChI is InChI=1S/C19H22N2O3/c1-2-15-8-5-6-12-21(15)18(22)13-24-19(23)17-11-10-14-7-3-4-9-16(14)20-17/h3-4,7,9-11,15H,2,5-6,8,12-13H2,1H3/t15-/m1/s1. The van der Waals surface area contributed by atoms with Gasteiger partial charge in [0.1, 0.15) is 5.69 Å². The molecule has 0 saturated carbocycles. The number of piperidine rings is 1. The lowest BCUT2D eigenvalue weighted by atomic mass is 10.00. The van der Waals surface area contributed by atoms with E-state index in [1.54, 1.807) is 6.07 Å². The molecule has 1 fully saturated rings. The minimum absolute atomic E-state index is 0.115. The van der Waals surface area contributed by atoms with Crippen LogP contribution >= 0.6 is 0 Å². The molecule has 1 atom stereocenters. The van der Waals surface area contributed by atoms with Gasteiger partial charge in [0.15, 0.2) is 6.61 Å². The highest BCUT2D eigenvalue weighted by Crippen LogP contribution is 2.19. The molecule has 5 nitrogen and oxygen atoms in total. The monoisotopic (exact) mass is 326 g/mol. The molecule has 3 rings (SSSR count). The summed E-state index contributed by atoms with van der Waals surface area (Å²) < 4.78 is 5.19. The van der Waals surface area contributed by atoms with E-state index < -0.39 is 5.97 Å². The number of pyridine rings is 1. The molecule has 126 valence electrons. The van der Waals surface area contributed by atoms with Crippen molar-refractivity contribution < 1.29 is 14.3 Å².